The first kappa shape index (κ1) is 18.6. The number of benzene rings is 1. The van der Waals surface area contributed by atoms with Crippen molar-refractivity contribution in [1.29, 1.82) is 0 Å². The van der Waals surface area contributed by atoms with Crippen molar-refractivity contribution in [3.63, 3.8) is 0 Å². The van der Waals surface area contributed by atoms with Crippen LogP contribution in [0.15, 0.2) is 55.0 Å². The predicted molar refractivity (Wildman–Crippen MR) is 103 cm³/mol. The second-order valence-electron chi connectivity index (χ2n) is 5.44. The van der Waals surface area contributed by atoms with Gasteiger partial charge in [0.05, 0.1) is 18.4 Å². The molecule has 0 aliphatic carbocycles. The van der Waals surface area contributed by atoms with Crippen molar-refractivity contribution < 1.29 is 14.3 Å². The zero-order valence-electron chi connectivity index (χ0n) is 14.8. The molecular formula is C18H17N7O3. The van der Waals surface area contributed by atoms with E-state index in [9.17, 15) is 9.59 Å². The molecule has 1 amide bonds. The van der Waals surface area contributed by atoms with E-state index < -0.39 is 11.9 Å². The molecule has 0 aliphatic rings. The Labute approximate surface area is 160 Å². The Bertz CT molecular complexity index is 995. The Balaban J connectivity index is 1.77. The van der Waals surface area contributed by atoms with Crippen LogP contribution < -0.4 is 21.9 Å². The van der Waals surface area contributed by atoms with Gasteiger partial charge in [-0.05, 0) is 24.3 Å². The summed E-state index contributed by atoms with van der Waals surface area (Å²) in [5.41, 5.74) is 12.3. The van der Waals surface area contributed by atoms with Gasteiger partial charge in [0, 0.05) is 6.20 Å². The van der Waals surface area contributed by atoms with Crippen LogP contribution in [0.2, 0.25) is 0 Å². The smallest absolute Gasteiger partial charge is 0.339 e. The van der Waals surface area contributed by atoms with E-state index in [2.05, 4.69) is 31.1 Å². The highest BCUT2D eigenvalue weighted by molar-refractivity contribution is 5.97. The summed E-state index contributed by atoms with van der Waals surface area (Å²) in [6.07, 6.45) is 2.77. The van der Waals surface area contributed by atoms with Crippen molar-refractivity contribution >= 4 is 34.9 Å². The molecule has 0 unspecified atom stereocenters. The molecular weight excluding hydrogens is 362 g/mol. The van der Waals surface area contributed by atoms with Crippen molar-refractivity contribution in [2.75, 3.05) is 23.6 Å². The van der Waals surface area contributed by atoms with Gasteiger partial charge in [-0.3, -0.25) is 20.6 Å². The molecule has 10 heteroatoms. The summed E-state index contributed by atoms with van der Waals surface area (Å²) in [7, 11) is 1.30. The van der Waals surface area contributed by atoms with Crippen LogP contribution >= 0.6 is 0 Å². The molecule has 0 saturated carbocycles. The van der Waals surface area contributed by atoms with E-state index in [0.29, 0.717) is 11.3 Å². The highest BCUT2D eigenvalue weighted by atomic mass is 16.5. The SMILES string of the molecule is COC(=O)c1ccccc1Nc1ncnc(NNC(=O)c2ccccn2)c1N. The fourth-order valence-electron chi connectivity index (χ4n) is 2.28. The number of amides is 1. The molecule has 28 heavy (non-hydrogen) atoms. The summed E-state index contributed by atoms with van der Waals surface area (Å²) in [6, 6.07) is 11.7. The van der Waals surface area contributed by atoms with Crippen LogP contribution in [0.5, 0.6) is 0 Å². The summed E-state index contributed by atoms with van der Waals surface area (Å²) in [6.45, 7) is 0. The predicted octanol–water partition coefficient (Wildman–Crippen LogP) is 1.74. The molecule has 142 valence electrons. The molecule has 2 aromatic heterocycles. The lowest BCUT2D eigenvalue weighted by Gasteiger charge is -2.14. The van der Waals surface area contributed by atoms with E-state index in [4.69, 9.17) is 10.5 Å². The number of rotatable bonds is 6. The second-order valence-corrected chi connectivity index (χ2v) is 5.44. The molecule has 0 aliphatic heterocycles. The average Bonchev–Trinajstić information content (AvgIpc) is 2.74. The lowest BCUT2D eigenvalue weighted by atomic mass is 10.2. The number of carbonyl (C=O) groups is 2. The first-order valence-electron chi connectivity index (χ1n) is 8.12. The number of nitrogen functional groups attached to an aromatic ring is 1. The maximum Gasteiger partial charge on any atom is 0.339 e. The average molecular weight is 379 g/mol. The number of nitrogens with two attached hydrogens (primary N) is 1. The maximum absolute atomic E-state index is 12.1. The van der Waals surface area contributed by atoms with E-state index >= 15 is 0 Å². The number of aromatic nitrogens is 3. The molecule has 0 bridgehead atoms. The number of esters is 1. The molecule has 0 radical (unpaired) electrons. The van der Waals surface area contributed by atoms with Crippen molar-refractivity contribution in [3.05, 3.63) is 66.2 Å². The molecule has 5 N–H and O–H groups in total. The highest BCUT2D eigenvalue weighted by Gasteiger charge is 2.15. The van der Waals surface area contributed by atoms with Crippen molar-refractivity contribution in [2.24, 2.45) is 0 Å². The monoisotopic (exact) mass is 379 g/mol. The number of nitrogens with one attached hydrogen (secondary N) is 3. The van der Waals surface area contributed by atoms with Gasteiger partial charge in [-0.1, -0.05) is 18.2 Å². The summed E-state index contributed by atoms with van der Waals surface area (Å²) < 4.78 is 4.77. The largest absolute Gasteiger partial charge is 0.465 e. The van der Waals surface area contributed by atoms with Gasteiger partial charge in [0.25, 0.3) is 5.91 Å². The molecule has 1 aromatic carbocycles. The van der Waals surface area contributed by atoms with E-state index in [0.717, 1.165) is 0 Å². The topological polar surface area (TPSA) is 144 Å². The van der Waals surface area contributed by atoms with Crippen LogP contribution in [0.25, 0.3) is 0 Å². The van der Waals surface area contributed by atoms with Gasteiger partial charge in [-0.2, -0.15) is 0 Å². The summed E-state index contributed by atoms with van der Waals surface area (Å²) in [4.78, 5) is 36.0. The first-order chi connectivity index (χ1) is 13.6. The number of hydrazine groups is 1. The minimum absolute atomic E-state index is 0.142. The lowest BCUT2D eigenvalue weighted by Crippen LogP contribution is -2.31. The van der Waals surface area contributed by atoms with E-state index in [-0.39, 0.29) is 23.0 Å². The van der Waals surface area contributed by atoms with Crippen LogP contribution in [-0.2, 0) is 4.74 Å². The fraction of sp³-hybridized carbons (Fsp3) is 0.0556. The third-order valence-electron chi connectivity index (χ3n) is 3.66. The van der Waals surface area contributed by atoms with Gasteiger partial charge in [0.1, 0.15) is 17.7 Å². The third-order valence-corrected chi connectivity index (χ3v) is 3.66. The summed E-state index contributed by atoms with van der Waals surface area (Å²) >= 11 is 0. The molecule has 3 aromatic rings. The van der Waals surface area contributed by atoms with Gasteiger partial charge in [0.15, 0.2) is 11.6 Å². The first-order valence-corrected chi connectivity index (χ1v) is 8.12. The van der Waals surface area contributed by atoms with Gasteiger partial charge in [-0.25, -0.2) is 14.8 Å². The van der Waals surface area contributed by atoms with Crippen LogP contribution in [0.1, 0.15) is 20.8 Å². The molecule has 0 atom stereocenters. The number of hydrogen-bond donors (Lipinski definition) is 4. The summed E-state index contributed by atoms with van der Waals surface area (Å²) in [5.74, 6) is -0.529. The molecule has 0 spiro atoms. The van der Waals surface area contributed by atoms with Gasteiger partial charge in [-0.15, -0.1) is 0 Å². The summed E-state index contributed by atoms with van der Waals surface area (Å²) in [5, 5.41) is 2.97. The number of ether oxygens (including phenoxy) is 1. The number of methoxy groups -OCH3 is 1. The minimum Gasteiger partial charge on any atom is -0.465 e. The van der Waals surface area contributed by atoms with Crippen LogP contribution in [0.4, 0.5) is 23.0 Å². The number of nitrogens with zero attached hydrogens (tertiary/aromatic N) is 3. The van der Waals surface area contributed by atoms with Crippen LogP contribution in [0.3, 0.4) is 0 Å². The Morgan fingerprint density at radius 2 is 1.75 bits per heavy atom. The lowest BCUT2D eigenvalue weighted by molar-refractivity contribution is 0.0601. The number of carbonyl (C=O) groups excluding carboxylic acids is 2. The number of pyridine rings is 1. The quantitative estimate of drug-likeness (QED) is 0.372. The van der Waals surface area contributed by atoms with E-state index in [1.54, 1.807) is 42.5 Å². The van der Waals surface area contributed by atoms with E-state index in [1.165, 1.54) is 19.6 Å². The zero-order chi connectivity index (χ0) is 19.9. The Hall–Kier alpha value is -4.21. The van der Waals surface area contributed by atoms with Gasteiger partial charge >= 0.3 is 5.97 Å². The molecule has 3 rings (SSSR count). The number of para-hydroxylation sites is 1. The molecule has 10 nitrogen and oxygen atoms in total. The second kappa shape index (κ2) is 8.45. The van der Waals surface area contributed by atoms with E-state index in [1.807, 2.05) is 0 Å². The Morgan fingerprint density at radius 3 is 2.50 bits per heavy atom. The number of anilines is 4. The minimum atomic E-state index is -0.503. The van der Waals surface area contributed by atoms with Crippen LogP contribution in [0, 0.1) is 0 Å². The van der Waals surface area contributed by atoms with Crippen molar-refractivity contribution in [2.45, 2.75) is 0 Å². The van der Waals surface area contributed by atoms with Crippen molar-refractivity contribution in [3.8, 4) is 0 Å². The zero-order valence-corrected chi connectivity index (χ0v) is 14.8. The fourth-order valence-corrected chi connectivity index (χ4v) is 2.28. The molecule has 0 saturated heterocycles. The normalized spacial score (nSPS) is 10.0. The third kappa shape index (κ3) is 4.12. The standard InChI is InChI=1S/C18H17N7O3/c1-28-18(27)11-6-2-3-7-12(11)23-15-14(19)16(22-10-21-15)24-25-17(26)13-8-4-5-9-20-13/h2-10H,19H2,1H3,(H,25,26)(H2,21,22,23,24). The van der Waals surface area contributed by atoms with Crippen molar-refractivity contribution in [1.82, 2.24) is 20.4 Å². The van der Waals surface area contributed by atoms with Gasteiger partial charge in [0.2, 0.25) is 0 Å². The highest BCUT2D eigenvalue weighted by Crippen LogP contribution is 2.27. The van der Waals surface area contributed by atoms with Gasteiger partial charge < -0.3 is 15.8 Å². The van der Waals surface area contributed by atoms with Crippen LogP contribution in [-0.4, -0.2) is 33.9 Å². The Kier molecular flexibility index (Phi) is 5.60. The maximum atomic E-state index is 12.1. The molecule has 2 heterocycles. The number of hydrogen-bond acceptors (Lipinski definition) is 9. The molecule has 0 fully saturated rings. The Morgan fingerprint density at radius 1 is 1.00 bits per heavy atom.